The van der Waals surface area contributed by atoms with E-state index in [-0.39, 0.29) is 12.1 Å². The van der Waals surface area contributed by atoms with Gasteiger partial charge in [-0.15, -0.1) is 11.3 Å². The van der Waals surface area contributed by atoms with Crippen LogP contribution in [-0.4, -0.2) is 21.6 Å². The van der Waals surface area contributed by atoms with Crippen molar-refractivity contribution in [1.82, 2.24) is 20.2 Å². The number of imidazole rings is 1. The lowest BCUT2D eigenvalue weighted by molar-refractivity contribution is 0.236. The minimum absolute atomic E-state index is 0.0456. The van der Waals surface area contributed by atoms with Crippen LogP contribution in [0.25, 0.3) is 0 Å². The minimum Gasteiger partial charge on any atom is -0.335 e. The average Bonchev–Trinajstić information content (AvgIpc) is 2.98. The molecule has 0 aromatic carbocycles. The van der Waals surface area contributed by atoms with Crippen LogP contribution in [0.3, 0.4) is 0 Å². The fourth-order valence-corrected chi connectivity index (χ4v) is 3.04. The maximum absolute atomic E-state index is 11.7. The zero-order valence-electron chi connectivity index (χ0n) is 10.5. The molecule has 0 fully saturated rings. The second-order valence-electron chi connectivity index (χ2n) is 4.22. The third kappa shape index (κ3) is 4.68. The third-order valence-corrected chi connectivity index (χ3v) is 4.16. The molecule has 2 rings (SSSR count). The number of thiophene rings is 1. The lowest BCUT2D eigenvalue weighted by Gasteiger charge is -2.14. The first-order chi connectivity index (χ1) is 9.13. The highest BCUT2D eigenvalue weighted by Gasteiger charge is 2.07. The number of halogens is 1. The van der Waals surface area contributed by atoms with Crippen LogP contribution in [-0.2, 0) is 13.1 Å². The van der Waals surface area contributed by atoms with Crippen LogP contribution >= 0.6 is 27.3 Å². The molecule has 102 valence electrons. The van der Waals surface area contributed by atoms with E-state index >= 15 is 0 Å². The van der Waals surface area contributed by atoms with Crippen LogP contribution in [0.4, 0.5) is 4.79 Å². The first-order valence-electron chi connectivity index (χ1n) is 5.86. The van der Waals surface area contributed by atoms with Crippen LogP contribution in [0.2, 0.25) is 0 Å². The van der Waals surface area contributed by atoms with Crippen molar-refractivity contribution in [2.24, 2.45) is 0 Å². The molecule has 1 atom stereocenters. The molecule has 0 spiro atoms. The molecule has 0 radical (unpaired) electrons. The number of carbonyl (C=O) groups is 1. The number of carbonyl (C=O) groups excluding carboxylic acids is 1. The number of aromatic nitrogens is 2. The molecule has 0 saturated carbocycles. The van der Waals surface area contributed by atoms with Gasteiger partial charge < -0.3 is 15.2 Å². The molecule has 19 heavy (non-hydrogen) atoms. The van der Waals surface area contributed by atoms with E-state index in [1.54, 1.807) is 23.9 Å². The molecule has 7 heteroatoms. The maximum atomic E-state index is 11.7. The van der Waals surface area contributed by atoms with Crippen molar-refractivity contribution in [1.29, 1.82) is 0 Å². The van der Waals surface area contributed by atoms with Gasteiger partial charge in [0.2, 0.25) is 0 Å². The Balaban J connectivity index is 1.71. The first-order valence-corrected chi connectivity index (χ1v) is 7.54. The van der Waals surface area contributed by atoms with E-state index in [2.05, 4.69) is 31.5 Å². The Labute approximate surface area is 124 Å². The summed E-state index contributed by atoms with van der Waals surface area (Å²) in [6, 6.07) is 1.89. The number of nitrogens with zero attached hydrogens (tertiary/aromatic N) is 2. The lowest BCUT2D eigenvalue weighted by Crippen LogP contribution is -2.42. The zero-order valence-corrected chi connectivity index (χ0v) is 12.9. The molecule has 5 nitrogen and oxygen atoms in total. The number of amides is 2. The normalized spacial score (nSPS) is 12.1. The molecule has 0 unspecified atom stereocenters. The lowest BCUT2D eigenvalue weighted by atomic mass is 10.3. The van der Waals surface area contributed by atoms with Crippen LogP contribution in [0.15, 0.2) is 34.6 Å². The van der Waals surface area contributed by atoms with E-state index in [9.17, 15) is 4.79 Å². The van der Waals surface area contributed by atoms with Gasteiger partial charge in [0.05, 0.1) is 12.9 Å². The quantitative estimate of drug-likeness (QED) is 0.877. The summed E-state index contributed by atoms with van der Waals surface area (Å²) in [5, 5.41) is 7.72. The van der Waals surface area contributed by atoms with Crippen LogP contribution in [0.1, 0.15) is 11.8 Å². The summed E-state index contributed by atoms with van der Waals surface area (Å²) < 4.78 is 2.98. The Kier molecular flexibility index (Phi) is 4.98. The Hall–Kier alpha value is -1.34. The highest BCUT2D eigenvalue weighted by atomic mass is 79.9. The minimum atomic E-state index is -0.155. The molecule has 2 aromatic rings. The van der Waals surface area contributed by atoms with E-state index < -0.39 is 0 Å². The third-order valence-electron chi connectivity index (χ3n) is 2.47. The summed E-state index contributed by atoms with van der Waals surface area (Å²) in [6.45, 7) is 3.21. The predicted octanol–water partition coefficient (Wildman–Crippen LogP) is 2.60. The van der Waals surface area contributed by atoms with Crippen LogP contribution < -0.4 is 10.6 Å². The first kappa shape index (κ1) is 14.1. The molecule has 0 aliphatic carbocycles. The summed E-state index contributed by atoms with van der Waals surface area (Å²) in [7, 11) is 0. The Bertz CT molecular complexity index is 526. The fraction of sp³-hybridized carbons (Fsp3) is 0.333. The Morgan fingerprint density at radius 1 is 1.63 bits per heavy atom. The van der Waals surface area contributed by atoms with Gasteiger partial charge in [0.15, 0.2) is 0 Å². The van der Waals surface area contributed by atoms with Crippen LogP contribution in [0, 0.1) is 0 Å². The average molecular weight is 343 g/mol. The molecular weight excluding hydrogens is 328 g/mol. The SMILES string of the molecule is C[C@H](Cn1ccnc1)NC(=O)NCc1cc(Br)cs1. The zero-order chi connectivity index (χ0) is 13.7. The summed E-state index contributed by atoms with van der Waals surface area (Å²) in [4.78, 5) is 16.8. The van der Waals surface area contributed by atoms with Gasteiger partial charge in [-0.05, 0) is 28.9 Å². The molecule has 2 N–H and O–H groups in total. The predicted molar refractivity (Wildman–Crippen MR) is 79.1 cm³/mol. The molecule has 0 saturated heterocycles. The van der Waals surface area contributed by atoms with Crippen molar-refractivity contribution >= 4 is 33.3 Å². The summed E-state index contributed by atoms with van der Waals surface area (Å²) in [5.41, 5.74) is 0. The largest absolute Gasteiger partial charge is 0.335 e. The van der Waals surface area contributed by atoms with Gasteiger partial charge in [-0.2, -0.15) is 0 Å². The molecule has 0 bridgehead atoms. The Morgan fingerprint density at radius 2 is 2.47 bits per heavy atom. The molecule has 0 aliphatic heterocycles. The topological polar surface area (TPSA) is 59.0 Å². The maximum Gasteiger partial charge on any atom is 0.315 e. The van der Waals surface area contributed by atoms with E-state index in [0.29, 0.717) is 13.1 Å². The summed E-state index contributed by atoms with van der Waals surface area (Å²) >= 11 is 5.00. The van der Waals surface area contributed by atoms with Gasteiger partial charge in [0.1, 0.15) is 0 Å². The standard InChI is InChI=1S/C12H15BrN4OS/c1-9(6-17-3-2-14-8-17)16-12(18)15-5-11-4-10(13)7-19-11/h2-4,7-9H,5-6H2,1H3,(H2,15,16,18)/t9-/m1/s1. The van der Waals surface area contributed by atoms with Crippen molar-refractivity contribution in [3.8, 4) is 0 Å². The summed E-state index contributed by atoms with van der Waals surface area (Å²) in [5.74, 6) is 0. The second-order valence-corrected chi connectivity index (χ2v) is 6.13. The van der Waals surface area contributed by atoms with E-state index in [4.69, 9.17) is 0 Å². The molecule has 2 amide bonds. The van der Waals surface area contributed by atoms with Gasteiger partial charge in [0.25, 0.3) is 0 Å². The molecule has 2 heterocycles. The number of nitrogens with one attached hydrogen (secondary N) is 2. The van der Waals surface area contributed by atoms with Gasteiger partial charge in [-0.25, -0.2) is 9.78 Å². The van der Waals surface area contributed by atoms with Gasteiger partial charge >= 0.3 is 6.03 Å². The van der Waals surface area contributed by atoms with Crippen LogP contribution in [0.5, 0.6) is 0 Å². The highest BCUT2D eigenvalue weighted by molar-refractivity contribution is 9.10. The number of urea groups is 1. The molecule has 2 aromatic heterocycles. The van der Waals surface area contributed by atoms with Gasteiger partial charge in [-0.3, -0.25) is 0 Å². The fourth-order valence-electron chi connectivity index (χ4n) is 1.65. The van der Waals surface area contributed by atoms with E-state index in [0.717, 1.165) is 9.35 Å². The number of hydrogen-bond acceptors (Lipinski definition) is 3. The van der Waals surface area contributed by atoms with E-state index in [1.165, 1.54) is 0 Å². The Morgan fingerprint density at radius 3 is 3.11 bits per heavy atom. The van der Waals surface area contributed by atoms with Crippen molar-refractivity contribution in [3.05, 3.63) is 39.5 Å². The molecule has 0 aliphatic rings. The number of hydrogen-bond donors (Lipinski definition) is 2. The molecular formula is C12H15BrN4OS. The van der Waals surface area contributed by atoms with Crippen molar-refractivity contribution < 1.29 is 4.79 Å². The van der Waals surface area contributed by atoms with Gasteiger partial charge in [0, 0.05) is 39.7 Å². The van der Waals surface area contributed by atoms with Crippen molar-refractivity contribution in [3.63, 3.8) is 0 Å². The second kappa shape index (κ2) is 6.72. The smallest absolute Gasteiger partial charge is 0.315 e. The van der Waals surface area contributed by atoms with Crippen molar-refractivity contribution in [2.75, 3.05) is 0 Å². The van der Waals surface area contributed by atoms with Gasteiger partial charge in [-0.1, -0.05) is 0 Å². The monoisotopic (exact) mass is 342 g/mol. The highest BCUT2D eigenvalue weighted by Crippen LogP contribution is 2.19. The van der Waals surface area contributed by atoms with E-state index in [1.807, 2.05) is 29.1 Å². The summed E-state index contributed by atoms with van der Waals surface area (Å²) in [6.07, 6.45) is 5.33. The van der Waals surface area contributed by atoms with Crippen molar-refractivity contribution in [2.45, 2.75) is 26.1 Å². The number of rotatable bonds is 5.